The summed E-state index contributed by atoms with van der Waals surface area (Å²) in [6.45, 7) is 0. The third kappa shape index (κ3) is 3.13. The van der Waals surface area contributed by atoms with Crippen molar-refractivity contribution < 1.29 is 4.74 Å². The summed E-state index contributed by atoms with van der Waals surface area (Å²) in [7, 11) is 1.70. The average Bonchev–Trinajstić information content (AvgIpc) is 2.38. The van der Waals surface area contributed by atoms with Gasteiger partial charge >= 0.3 is 102 Å². The molecule has 0 fully saturated rings. The van der Waals surface area contributed by atoms with Gasteiger partial charge in [0.1, 0.15) is 0 Å². The first kappa shape index (κ1) is 11.3. The SMILES string of the molecule is COc1ccc(C[Se]c2ccccc2)cc1. The van der Waals surface area contributed by atoms with E-state index in [-0.39, 0.29) is 0 Å². The zero-order chi connectivity index (χ0) is 11.2. The Hall–Kier alpha value is -1.24. The van der Waals surface area contributed by atoms with Gasteiger partial charge < -0.3 is 0 Å². The van der Waals surface area contributed by atoms with Gasteiger partial charge in [0.25, 0.3) is 0 Å². The molecule has 0 heterocycles. The molecule has 82 valence electrons. The van der Waals surface area contributed by atoms with Crippen LogP contribution in [0.3, 0.4) is 0 Å². The summed E-state index contributed by atoms with van der Waals surface area (Å²) in [5.74, 6) is 0.927. The van der Waals surface area contributed by atoms with Gasteiger partial charge in [-0.25, -0.2) is 0 Å². The van der Waals surface area contributed by atoms with Crippen molar-refractivity contribution in [2.45, 2.75) is 5.32 Å². The van der Waals surface area contributed by atoms with Gasteiger partial charge in [0.15, 0.2) is 0 Å². The molecule has 2 aromatic rings. The van der Waals surface area contributed by atoms with Gasteiger partial charge in [-0.1, -0.05) is 0 Å². The Kier molecular flexibility index (Phi) is 4.03. The fraction of sp³-hybridized carbons (Fsp3) is 0.143. The number of hydrogen-bond acceptors (Lipinski definition) is 1. The van der Waals surface area contributed by atoms with E-state index in [1.165, 1.54) is 10.0 Å². The molecule has 0 bridgehead atoms. The van der Waals surface area contributed by atoms with E-state index >= 15 is 0 Å². The van der Waals surface area contributed by atoms with Crippen molar-refractivity contribution in [2.75, 3.05) is 7.11 Å². The Bertz CT molecular complexity index is 422. The number of methoxy groups -OCH3 is 1. The Morgan fingerprint density at radius 3 is 2.25 bits per heavy atom. The molecule has 2 aromatic carbocycles. The summed E-state index contributed by atoms with van der Waals surface area (Å²) in [5.41, 5.74) is 1.38. The number of hydrogen-bond donors (Lipinski definition) is 0. The second-order valence-corrected chi connectivity index (χ2v) is 5.65. The van der Waals surface area contributed by atoms with Gasteiger partial charge in [-0.05, 0) is 0 Å². The van der Waals surface area contributed by atoms with Crippen molar-refractivity contribution in [3.63, 3.8) is 0 Å². The van der Waals surface area contributed by atoms with Crippen LogP contribution in [0.5, 0.6) is 5.75 Å². The van der Waals surface area contributed by atoms with Crippen LogP contribution >= 0.6 is 0 Å². The van der Waals surface area contributed by atoms with E-state index in [9.17, 15) is 0 Å². The first-order valence-corrected chi connectivity index (χ1v) is 7.26. The second kappa shape index (κ2) is 5.74. The van der Waals surface area contributed by atoms with E-state index < -0.39 is 0 Å². The molecule has 2 heteroatoms. The van der Waals surface area contributed by atoms with Crippen molar-refractivity contribution in [3.05, 3.63) is 60.2 Å². The fourth-order valence-corrected chi connectivity index (χ4v) is 3.24. The van der Waals surface area contributed by atoms with Crippen LogP contribution in [0.1, 0.15) is 5.56 Å². The summed E-state index contributed by atoms with van der Waals surface area (Å²) in [6.07, 6.45) is 0. The van der Waals surface area contributed by atoms with Crippen molar-refractivity contribution in [2.24, 2.45) is 0 Å². The van der Waals surface area contributed by atoms with Crippen LogP contribution in [-0.2, 0) is 5.32 Å². The quantitative estimate of drug-likeness (QED) is 0.779. The first-order chi connectivity index (χ1) is 7.88. The molecule has 1 nitrogen and oxygen atoms in total. The maximum absolute atomic E-state index is 5.14. The zero-order valence-electron chi connectivity index (χ0n) is 9.22. The Morgan fingerprint density at radius 1 is 0.938 bits per heavy atom. The molecule has 0 aromatic heterocycles. The first-order valence-electron chi connectivity index (χ1n) is 5.19. The summed E-state index contributed by atoms with van der Waals surface area (Å²) in [4.78, 5) is 0. The van der Waals surface area contributed by atoms with Gasteiger partial charge in [-0.3, -0.25) is 0 Å². The molecule has 0 unspecified atom stereocenters. The third-order valence-electron chi connectivity index (χ3n) is 2.31. The van der Waals surface area contributed by atoms with E-state index in [2.05, 4.69) is 42.5 Å². The van der Waals surface area contributed by atoms with Gasteiger partial charge in [-0.15, -0.1) is 0 Å². The van der Waals surface area contributed by atoms with Crippen LogP contribution in [-0.4, -0.2) is 22.1 Å². The summed E-state index contributed by atoms with van der Waals surface area (Å²) < 4.78 is 6.59. The number of benzene rings is 2. The van der Waals surface area contributed by atoms with E-state index in [1.54, 1.807) is 7.11 Å². The molecule has 0 amide bonds. The van der Waals surface area contributed by atoms with Gasteiger partial charge in [0, 0.05) is 0 Å². The molecule has 0 atom stereocenters. The predicted octanol–water partition coefficient (Wildman–Crippen LogP) is 2.22. The summed E-state index contributed by atoms with van der Waals surface area (Å²) in [5, 5.41) is 1.14. The van der Waals surface area contributed by atoms with Crippen LogP contribution in [0.2, 0.25) is 0 Å². The average molecular weight is 277 g/mol. The van der Waals surface area contributed by atoms with Crippen molar-refractivity contribution in [1.82, 2.24) is 0 Å². The van der Waals surface area contributed by atoms with E-state index in [0.29, 0.717) is 15.0 Å². The minimum atomic E-state index is 0.524. The van der Waals surface area contributed by atoms with Gasteiger partial charge in [0.05, 0.1) is 0 Å². The Morgan fingerprint density at radius 2 is 1.62 bits per heavy atom. The van der Waals surface area contributed by atoms with E-state index in [4.69, 9.17) is 4.74 Å². The maximum atomic E-state index is 5.14. The molecular weight excluding hydrogens is 263 g/mol. The summed E-state index contributed by atoms with van der Waals surface area (Å²) >= 11 is 0.524. The number of ether oxygens (including phenoxy) is 1. The zero-order valence-corrected chi connectivity index (χ0v) is 10.9. The second-order valence-electron chi connectivity index (χ2n) is 3.45. The molecule has 0 saturated carbocycles. The number of rotatable bonds is 4. The summed E-state index contributed by atoms with van der Waals surface area (Å²) in [6, 6.07) is 19.0. The molecule has 0 aliphatic rings. The molecule has 2 rings (SSSR count). The van der Waals surface area contributed by atoms with Gasteiger partial charge in [-0.2, -0.15) is 0 Å². The minimum absolute atomic E-state index is 0.524. The molecule has 0 radical (unpaired) electrons. The van der Waals surface area contributed by atoms with Crippen LogP contribution in [0.15, 0.2) is 54.6 Å². The van der Waals surface area contributed by atoms with Crippen molar-refractivity contribution >= 4 is 19.4 Å². The predicted molar refractivity (Wildman–Crippen MR) is 68.5 cm³/mol. The Balaban J connectivity index is 1.94. The van der Waals surface area contributed by atoms with Crippen LogP contribution in [0.25, 0.3) is 0 Å². The van der Waals surface area contributed by atoms with Gasteiger partial charge in [0.2, 0.25) is 0 Å². The molecular formula is C14H14OSe. The monoisotopic (exact) mass is 278 g/mol. The fourth-order valence-electron chi connectivity index (χ4n) is 1.41. The Labute approximate surface area is 103 Å². The third-order valence-corrected chi connectivity index (χ3v) is 4.58. The molecule has 0 aliphatic heterocycles. The van der Waals surface area contributed by atoms with Crippen molar-refractivity contribution in [3.8, 4) is 5.75 Å². The molecule has 0 spiro atoms. The normalized spacial score (nSPS) is 10.1. The molecule has 16 heavy (non-hydrogen) atoms. The topological polar surface area (TPSA) is 9.23 Å². The van der Waals surface area contributed by atoms with Crippen LogP contribution in [0, 0.1) is 0 Å². The van der Waals surface area contributed by atoms with Crippen LogP contribution < -0.4 is 9.20 Å². The van der Waals surface area contributed by atoms with E-state index in [1.807, 2.05) is 12.1 Å². The van der Waals surface area contributed by atoms with Crippen LogP contribution in [0.4, 0.5) is 0 Å². The van der Waals surface area contributed by atoms with Crippen molar-refractivity contribution in [1.29, 1.82) is 0 Å². The molecule has 0 saturated heterocycles. The van der Waals surface area contributed by atoms with E-state index in [0.717, 1.165) is 11.1 Å². The molecule has 0 N–H and O–H groups in total. The molecule has 0 aliphatic carbocycles. The standard InChI is InChI=1S/C14H14OSe/c1-15-13-9-7-12(8-10-13)11-16-14-5-3-2-4-6-14/h2-10H,11H2,1H3.